The Bertz CT molecular complexity index is 219. The second-order valence-electron chi connectivity index (χ2n) is 3.11. The average molecular weight is 163 g/mol. The number of para-hydroxylation sites is 1. The van der Waals surface area contributed by atoms with E-state index in [1.165, 1.54) is 0 Å². The fourth-order valence-electron chi connectivity index (χ4n) is 1.15. The predicted octanol–water partition coefficient (Wildman–Crippen LogP) is 1.27. The quantitative estimate of drug-likeness (QED) is 0.727. The van der Waals surface area contributed by atoms with Gasteiger partial charge in [-0.15, -0.1) is 0 Å². The molecule has 1 atom stereocenters. The Morgan fingerprint density at radius 3 is 2.83 bits per heavy atom. The molecule has 0 aliphatic heterocycles. The molecule has 0 bridgehead atoms. The Labute approximate surface area is 74.0 Å². The molecular formula is C10H15N2. The molecule has 0 aliphatic rings. The molecule has 0 amide bonds. The molecule has 0 saturated carbocycles. The van der Waals surface area contributed by atoms with Crippen LogP contribution in [0.15, 0.2) is 24.3 Å². The molecule has 0 aromatic heterocycles. The Kier molecular flexibility index (Phi) is 3.11. The second-order valence-corrected chi connectivity index (χ2v) is 3.11. The van der Waals surface area contributed by atoms with Crippen LogP contribution in [0.2, 0.25) is 0 Å². The minimum absolute atomic E-state index is 0.198. The lowest BCUT2D eigenvalue weighted by Gasteiger charge is -2.20. The molecule has 1 rings (SSSR count). The van der Waals surface area contributed by atoms with E-state index in [4.69, 9.17) is 5.73 Å². The summed E-state index contributed by atoms with van der Waals surface area (Å²) in [4.78, 5) is 2.10. The lowest BCUT2D eigenvalue weighted by atomic mass is 10.2. The van der Waals surface area contributed by atoms with E-state index in [2.05, 4.69) is 11.0 Å². The SMILES string of the molecule is CC(N)CN(C)c1[c]cccc1. The lowest BCUT2D eigenvalue weighted by Crippen LogP contribution is -2.32. The maximum Gasteiger partial charge on any atom is 0.0444 e. The van der Waals surface area contributed by atoms with Gasteiger partial charge in [0.15, 0.2) is 0 Å². The van der Waals surface area contributed by atoms with Crippen LogP contribution in [0.4, 0.5) is 5.69 Å². The second kappa shape index (κ2) is 4.12. The van der Waals surface area contributed by atoms with Gasteiger partial charge in [0.25, 0.3) is 0 Å². The van der Waals surface area contributed by atoms with Gasteiger partial charge < -0.3 is 10.6 Å². The lowest BCUT2D eigenvalue weighted by molar-refractivity contribution is 0.717. The summed E-state index contributed by atoms with van der Waals surface area (Å²) in [5, 5.41) is 0. The minimum Gasteiger partial charge on any atom is -0.373 e. The number of rotatable bonds is 3. The van der Waals surface area contributed by atoms with E-state index in [0.29, 0.717) is 0 Å². The third kappa shape index (κ3) is 2.55. The number of nitrogens with two attached hydrogens (primary N) is 1. The smallest absolute Gasteiger partial charge is 0.0444 e. The number of anilines is 1. The van der Waals surface area contributed by atoms with E-state index in [0.717, 1.165) is 12.2 Å². The highest BCUT2D eigenvalue weighted by Gasteiger charge is 2.01. The number of likely N-dealkylation sites (N-methyl/N-ethyl adjacent to an activating group) is 1. The zero-order chi connectivity index (χ0) is 8.97. The molecule has 2 nitrogen and oxygen atoms in total. The maximum atomic E-state index is 5.68. The van der Waals surface area contributed by atoms with Crippen molar-refractivity contribution in [2.45, 2.75) is 13.0 Å². The molecule has 1 aromatic carbocycles. The summed E-state index contributed by atoms with van der Waals surface area (Å²) in [6.45, 7) is 2.86. The Morgan fingerprint density at radius 1 is 1.58 bits per heavy atom. The molecule has 12 heavy (non-hydrogen) atoms. The van der Waals surface area contributed by atoms with Gasteiger partial charge in [0.05, 0.1) is 0 Å². The molecule has 2 heteroatoms. The van der Waals surface area contributed by atoms with Gasteiger partial charge in [0, 0.05) is 31.4 Å². The topological polar surface area (TPSA) is 29.3 Å². The van der Waals surface area contributed by atoms with E-state index in [1.807, 2.05) is 38.2 Å². The van der Waals surface area contributed by atoms with Crippen molar-refractivity contribution in [2.24, 2.45) is 5.73 Å². The van der Waals surface area contributed by atoms with E-state index in [9.17, 15) is 0 Å². The van der Waals surface area contributed by atoms with E-state index in [-0.39, 0.29) is 6.04 Å². The van der Waals surface area contributed by atoms with Crippen LogP contribution in [-0.4, -0.2) is 19.6 Å². The van der Waals surface area contributed by atoms with Gasteiger partial charge in [-0.05, 0) is 13.0 Å². The monoisotopic (exact) mass is 163 g/mol. The number of nitrogens with zero attached hydrogens (tertiary/aromatic N) is 1. The molecule has 1 aromatic rings. The number of hydrogen-bond acceptors (Lipinski definition) is 2. The molecule has 0 heterocycles. The fourth-order valence-corrected chi connectivity index (χ4v) is 1.15. The van der Waals surface area contributed by atoms with Crippen molar-refractivity contribution in [2.75, 3.05) is 18.5 Å². The van der Waals surface area contributed by atoms with Crippen molar-refractivity contribution in [3.05, 3.63) is 30.3 Å². The highest BCUT2D eigenvalue weighted by atomic mass is 15.1. The van der Waals surface area contributed by atoms with Gasteiger partial charge in [0.2, 0.25) is 0 Å². The Balaban J connectivity index is 2.59. The normalized spacial score (nSPS) is 12.6. The van der Waals surface area contributed by atoms with E-state index in [1.54, 1.807) is 0 Å². The third-order valence-electron chi connectivity index (χ3n) is 1.67. The summed E-state index contributed by atoms with van der Waals surface area (Å²) in [5.41, 5.74) is 6.77. The first-order valence-electron chi connectivity index (χ1n) is 4.13. The third-order valence-corrected chi connectivity index (χ3v) is 1.67. The number of hydrogen-bond donors (Lipinski definition) is 1. The summed E-state index contributed by atoms with van der Waals surface area (Å²) in [6, 6.07) is 11.2. The van der Waals surface area contributed by atoms with Gasteiger partial charge in [-0.1, -0.05) is 18.2 Å². The summed E-state index contributed by atoms with van der Waals surface area (Å²) in [7, 11) is 2.02. The Morgan fingerprint density at radius 2 is 2.33 bits per heavy atom. The Hall–Kier alpha value is -1.02. The van der Waals surface area contributed by atoms with Gasteiger partial charge in [0.1, 0.15) is 0 Å². The highest BCUT2D eigenvalue weighted by molar-refractivity contribution is 5.43. The van der Waals surface area contributed by atoms with Gasteiger partial charge in [-0.3, -0.25) is 0 Å². The molecule has 0 spiro atoms. The van der Waals surface area contributed by atoms with Crippen LogP contribution < -0.4 is 10.6 Å². The van der Waals surface area contributed by atoms with Crippen molar-refractivity contribution in [1.29, 1.82) is 0 Å². The van der Waals surface area contributed by atoms with E-state index >= 15 is 0 Å². The molecule has 0 fully saturated rings. The maximum absolute atomic E-state index is 5.68. The molecule has 0 saturated heterocycles. The first-order valence-corrected chi connectivity index (χ1v) is 4.13. The zero-order valence-corrected chi connectivity index (χ0v) is 7.62. The van der Waals surface area contributed by atoms with Crippen LogP contribution >= 0.6 is 0 Å². The molecular weight excluding hydrogens is 148 g/mol. The number of benzene rings is 1. The summed E-state index contributed by atoms with van der Waals surface area (Å²) in [6.07, 6.45) is 0. The van der Waals surface area contributed by atoms with Crippen molar-refractivity contribution in [3.8, 4) is 0 Å². The highest BCUT2D eigenvalue weighted by Crippen LogP contribution is 2.09. The largest absolute Gasteiger partial charge is 0.373 e. The molecule has 65 valence electrons. The predicted molar refractivity (Wildman–Crippen MR) is 52.2 cm³/mol. The van der Waals surface area contributed by atoms with Crippen LogP contribution in [0.3, 0.4) is 0 Å². The van der Waals surface area contributed by atoms with E-state index < -0.39 is 0 Å². The van der Waals surface area contributed by atoms with Crippen LogP contribution in [0.25, 0.3) is 0 Å². The van der Waals surface area contributed by atoms with Crippen molar-refractivity contribution in [3.63, 3.8) is 0 Å². The molecule has 2 N–H and O–H groups in total. The molecule has 0 aliphatic carbocycles. The first-order chi connectivity index (χ1) is 5.70. The van der Waals surface area contributed by atoms with Crippen LogP contribution in [0.5, 0.6) is 0 Å². The molecule has 1 unspecified atom stereocenters. The fraction of sp³-hybridized carbons (Fsp3) is 0.400. The van der Waals surface area contributed by atoms with Crippen molar-refractivity contribution >= 4 is 5.69 Å². The summed E-state index contributed by atoms with van der Waals surface area (Å²) in [5.74, 6) is 0. The van der Waals surface area contributed by atoms with Gasteiger partial charge in [-0.25, -0.2) is 0 Å². The van der Waals surface area contributed by atoms with Gasteiger partial charge in [-0.2, -0.15) is 0 Å². The molecule has 1 radical (unpaired) electrons. The van der Waals surface area contributed by atoms with Gasteiger partial charge >= 0.3 is 0 Å². The standard InChI is InChI=1S/C10H15N2/c1-9(11)8-12(2)10-6-4-3-5-7-10/h3-6,9H,8,11H2,1-2H3. The minimum atomic E-state index is 0.198. The van der Waals surface area contributed by atoms with Crippen LogP contribution in [0, 0.1) is 6.07 Å². The zero-order valence-electron chi connectivity index (χ0n) is 7.62. The van der Waals surface area contributed by atoms with Crippen LogP contribution in [-0.2, 0) is 0 Å². The van der Waals surface area contributed by atoms with Crippen LogP contribution in [0.1, 0.15) is 6.92 Å². The summed E-state index contributed by atoms with van der Waals surface area (Å²) < 4.78 is 0. The summed E-state index contributed by atoms with van der Waals surface area (Å²) >= 11 is 0. The average Bonchev–Trinajstić information content (AvgIpc) is 2.05. The van der Waals surface area contributed by atoms with Crippen molar-refractivity contribution in [1.82, 2.24) is 0 Å². The van der Waals surface area contributed by atoms with Crippen molar-refractivity contribution < 1.29 is 0 Å². The first kappa shape index (κ1) is 9.07.